The van der Waals surface area contributed by atoms with E-state index < -0.39 is 0 Å². The summed E-state index contributed by atoms with van der Waals surface area (Å²) in [5.41, 5.74) is 0.755. The lowest BCUT2D eigenvalue weighted by Crippen LogP contribution is -2.48. The first kappa shape index (κ1) is 13.1. The van der Waals surface area contributed by atoms with Gasteiger partial charge in [0.1, 0.15) is 0 Å². The van der Waals surface area contributed by atoms with Crippen LogP contribution in [0, 0.1) is 0 Å². The molecule has 2 aromatic rings. The van der Waals surface area contributed by atoms with Gasteiger partial charge >= 0.3 is 0 Å². The van der Waals surface area contributed by atoms with Gasteiger partial charge in [0.25, 0.3) is 5.91 Å². The average molecular weight is 269 g/mol. The molecule has 104 valence electrons. The van der Waals surface area contributed by atoms with Crippen molar-refractivity contribution in [1.82, 2.24) is 4.90 Å². The molecule has 1 heterocycles. The third kappa shape index (κ3) is 2.54. The number of hydrogen-bond donors (Lipinski definition) is 0. The molecule has 20 heavy (non-hydrogen) atoms. The van der Waals surface area contributed by atoms with E-state index in [1.165, 1.54) is 0 Å². The molecule has 2 atom stereocenters. The van der Waals surface area contributed by atoms with Gasteiger partial charge in [-0.1, -0.05) is 30.3 Å². The molecule has 2 unspecified atom stereocenters. The predicted molar refractivity (Wildman–Crippen MR) is 79.9 cm³/mol. The highest BCUT2D eigenvalue weighted by Crippen LogP contribution is 2.19. The summed E-state index contributed by atoms with van der Waals surface area (Å²) in [5.74, 6) is 0.0951. The number of morpholine rings is 1. The van der Waals surface area contributed by atoms with Gasteiger partial charge in [-0.05, 0) is 36.8 Å². The molecule has 0 aromatic heterocycles. The number of ether oxygens (including phenoxy) is 1. The van der Waals surface area contributed by atoms with Crippen LogP contribution >= 0.6 is 0 Å². The van der Waals surface area contributed by atoms with Crippen molar-refractivity contribution >= 4 is 16.7 Å². The van der Waals surface area contributed by atoms with Crippen molar-refractivity contribution in [3.63, 3.8) is 0 Å². The number of fused-ring (bicyclic) bond motifs is 1. The first-order valence-corrected chi connectivity index (χ1v) is 7.07. The monoisotopic (exact) mass is 269 g/mol. The molecule has 1 saturated heterocycles. The summed E-state index contributed by atoms with van der Waals surface area (Å²) in [5, 5.41) is 2.26. The lowest BCUT2D eigenvalue weighted by Gasteiger charge is -2.35. The van der Waals surface area contributed by atoms with Crippen molar-refractivity contribution < 1.29 is 9.53 Å². The molecule has 1 fully saturated rings. The van der Waals surface area contributed by atoms with E-state index in [-0.39, 0.29) is 18.1 Å². The summed E-state index contributed by atoms with van der Waals surface area (Å²) in [6.45, 7) is 5.35. The van der Waals surface area contributed by atoms with Crippen molar-refractivity contribution in [3.8, 4) is 0 Å². The predicted octanol–water partition coefficient (Wildman–Crippen LogP) is 3.09. The van der Waals surface area contributed by atoms with Crippen LogP contribution in [-0.4, -0.2) is 36.1 Å². The molecule has 1 amide bonds. The fourth-order valence-electron chi connectivity index (χ4n) is 2.85. The molecule has 3 nitrogen and oxygen atoms in total. The van der Waals surface area contributed by atoms with Crippen LogP contribution in [0.4, 0.5) is 0 Å². The smallest absolute Gasteiger partial charge is 0.254 e. The standard InChI is InChI=1S/C17H19NO2/c1-12-10-18(11-13(2)20-12)17(19)16-8-7-14-5-3-4-6-15(14)9-16/h3-9,12-13H,10-11H2,1-2H3. The number of hydrogen-bond acceptors (Lipinski definition) is 2. The second kappa shape index (κ2) is 5.25. The van der Waals surface area contributed by atoms with Crippen LogP contribution in [0.15, 0.2) is 42.5 Å². The van der Waals surface area contributed by atoms with Crippen molar-refractivity contribution in [2.75, 3.05) is 13.1 Å². The summed E-state index contributed by atoms with van der Waals surface area (Å²) < 4.78 is 5.68. The Morgan fingerprint density at radius 3 is 2.40 bits per heavy atom. The molecule has 0 bridgehead atoms. The summed E-state index contributed by atoms with van der Waals surface area (Å²) in [6, 6.07) is 14.0. The van der Waals surface area contributed by atoms with Crippen molar-refractivity contribution in [1.29, 1.82) is 0 Å². The minimum atomic E-state index is 0.0951. The minimum Gasteiger partial charge on any atom is -0.372 e. The van der Waals surface area contributed by atoms with Gasteiger partial charge in [-0.25, -0.2) is 0 Å². The van der Waals surface area contributed by atoms with Crippen LogP contribution in [0.2, 0.25) is 0 Å². The van der Waals surface area contributed by atoms with Gasteiger partial charge in [0.15, 0.2) is 0 Å². The topological polar surface area (TPSA) is 29.5 Å². The molecule has 1 aliphatic heterocycles. The molecule has 0 aliphatic carbocycles. The van der Waals surface area contributed by atoms with Gasteiger partial charge in [-0.3, -0.25) is 4.79 Å². The number of benzene rings is 2. The highest BCUT2D eigenvalue weighted by atomic mass is 16.5. The number of rotatable bonds is 1. The number of carbonyl (C=O) groups excluding carboxylic acids is 1. The maximum Gasteiger partial charge on any atom is 0.254 e. The zero-order valence-corrected chi connectivity index (χ0v) is 11.9. The third-order valence-corrected chi connectivity index (χ3v) is 3.70. The highest BCUT2D eigenvalue weighted by molar-refractivity contribution is 5.98. The van der Waals surface area contributed by atoms with E-state index in [1.54, 1.807) is 0 Å². The first-order chi connectivity index (χ1) is 9.63. The molecule has 1 aliphatic rings. The van der Waals surface area contributed by atoms with E-state index in [0.29, 0.717) is 13.1 Å². The molecule has 0 spiro atoms. The van der Waals surface area contributed by atoms with Crippen LogP contribution in [0.3, 0.4) is 0 Å². The van der Waals surface area contributed by atoms with Crippen molar-refractivity contribution in [3.05, 3.63) is 48.0 Å². The van der Waals surface area contributed by atoms with Gasteiger partial charge in [0.05, 0.1) is 12.2 Å². The zero-order chi connectivity index (χ0) is 14.1. The van der Waals surface area contributed by atoms with E-state index in [4.69, 9.17) is 4.74 Å². The van der Waals surface area contributed by atoms with Crippen molar-refractivity contribution in [2.45, 2.75) is 26.1 Å². The van der Waals surface area contributed by atoms with Gasteiger partial charge in [-0.2, -0.15) is 0 Å². The van der Waals surface area contributed by atoms with Gasteiger partial charge in [-0.15, -0.1) is 0 Å². The number of amides is 1. The Balaban J connectivity index is 1.88. The van der Waals surface area contributed by atoms with Crippen LogP contribution in [0.25, 0.3) is 10.8 Å². The fraction of sp³-hybridized carbons (Fsp3) is 0.353. The highest BCUT2D eigenvalue weighted by Gasteiger charge is 2.26. The second-order valence-corrected chi connectivity index (χ2v) is 5.53. The lowest BCUT2D eigenvalue weighted by atomic mass is 10.1. The third-order valence-electron chi connectivity index (χ3n) is 3.70. The van der Waals surface area contributed by atoms with Crippen LogP contribution in [0.5, 0.6) is 0 Å². The molecular formula is C17H19NO2. The maximum atomic E-state index is 12.6. The molecule has 2 aromatic carbocycles. The van der Waals surface area contributed by atoms with E-state index >= 15 is 0 Å². The number of carbonyl (C=O) groups is 1. The minimum absolute atomic E-state index is 0.0951. The summed E-state index contributed by atoms with van der Waals surface area (Å²) in [7, 11) is 0. The van der Waals surface area contributed by atoms with Crippen molar-refractivity contribution in [2.24, 2.45) is 0 Å². The summed E-state index contributed by atoms with van der Waals surface area (Å²) in [6.07, 6.45) is 0.200. The Hall–Kier alpha value is -1.87. The molecule has 0 N–H and O–H groups in total. The first-order valence-electron chi connectivity index (χ1n) is 7.07. The van der Waals surface area contributed by atoms with E-state index in [0.717, 1.165) is 16.3 Å². The summed E-state index contributed by atoms with van der Waals surface area (Å²) in [4.78, 5) is 14.5. The fourth-order valence-corrected chi connectivity index (χ4v) is 2.85. The largest absolute Gasteiger partial charge is 0.372 e. The quantitative estimate of drug-likeness (QED) is 0.796. The molecule has 3 heteroatoms. The van der Waals surface area contributed by atoms with Crippen LogP contribution < -0.4 is 0 Å². The number of nitrogens with zero attached hydrogens (tertiary/aromatic N) is 1. The molecule has 3 rings (SSSR count). The molecule has 0 radical (unpaired) electrons. The molecule has 0 saturated carbocycles. The van der Waals surface area contributed by atoms with Gasteiger partial charge < -0.3 is 9.64 Å². The lowest BCUT2D eigenvalue weighted by molar-refractivity contribution is -0.0586. The Labute approximate surface area is 119 Å². The van der Waals surface area contributed by atoms with E-state index in [9.17, 15) is 4.79 Å². The second-order valence-electron chi connectivity index (χ2n) is 5.53. The summed E-state index contributed by atoms with van der Waals surface area (Å²) >= 11 is 0. The average Bonchev–Trinajstić information content (AvgIpc) is 2.45. The zero-order valence-electron chi connectivity index (χ0n) is 11.9. The SMILES string of the molecule is CC1CN(C(=O)c2ccc3ccccc3c2)CC(C)O1. The maximum absolute atomic E-state index is 12.6. The normalized spacial score (nSPS) is 23.0. The van der Waals surface area contributed by atoms with E-state index in [1.807, 2.05) is 55.1 Å². The Kier molecular flexibility index (Phi) is 3.45. The van der Waals surface area contributed by atoms with Crippen LogP contribution in [0.1, 0.15) is 24.2 Å². The van der Waals surface area contributed by atoms with E-state index in [2.05, 4.69) is 6.07 Å². The van der Waals surface area contributed by atoms with Crippen LogP contribution in [-0.2, 0) is 4.74 Å². The Morgan fingerprint density at radius 2 is 1.70 bits per heavy atom. The van der Waals surface area contributed by atoms with Gasteiger partial charge in [0.2, 0.25) is 0 Å². The Bertz CT molecular complexity index is 628. The Morgan fingerprint density at radius 1 is 1.05 bits per heavy atom. The van der Waals surface area contributed by atoms with Gasteiger partial charge in [0, 0.05) is 18.7 Å². The molecular weight excluding hydrogens is 250 g/mol.